The normalized spacial score (nSPS) is 11.4. The molecule has 6 aromatic rings. The first kappa shape index (κ1) is 36.4. The number of fused-ring (bicyclic) bond motifs is 2. The van der Waals surface area contributed by atoms with Gasteiger partial charge in [-0.15, -0.1) is 0 Å². The number of methoxy groups -OCH3 is 4. The molecule has 6 aromatic heterocycles. The van der Waals surface area contributed by atoms with Crippen LogP contribution in [0.3, 0.4) is 0 Å². The van der Waals surface area contributed by atoms with Crippen LogP contribution in [0.1, 0.15) is 33.6 Å². The molecule has 48 heavy (non-hydrogen) atoms. The second-order valence-corrected chi connectivity index (χ2v) is 12.7. The van der Waals surface area contributed by atoms with Gasteiger partial charge in [-0.3, -0.25) is 14.2 Å². The van der Waals surface area contributed by atoms with Gasteiger partial charge in [0, 0.05) is 52.5 Å². The molecule has 0 amide bonds. The van der Waals surface area contributed by atoms with E-state index in [4.69, 9.17) is 18.9 Å². The van der Waals surface area contributed by atoms with Crippen LogP contribution in [0.15, 0.2) is 47.0 Å². The van der Waals surface area contributed by atoms with Crippen molar-refractivity contribution in [1.82, 2.24) is 39.9 Å². The van der Waals surface area contributed by atoms with E-state index in [1.807, 2.05) is 46.0 Å². The smallest absolute Gasteiger partial charge is 0.215 e. The number of rotatable bonds is 10. The molecule has 0 bridgehead atoms. The third kappa shape index (κ3) is 7.99. The number of pyridine rings is 4. The minimum Gasteiger partial charge on any atom is -0.496 e. The number of H-pyrrole nitrogens is 2. The standard InChI is InChI=1S/C16H18N4O3S.C16H18N4O2S.H2S/c1-9-7-17-12(10(2)14(9)23-4)8-24(21)16-18-11-5-6-13(22-3)19-15(11)20-16;1-9-7-17-12(10(2)14(9)22-4)8-23-16-18-11-5-6-13(21-3)19-15(11)20-16;/h5-7H,8H2,1-4H3,(H,18,19,20);5-7H,8H2,1-4H3,(H,18,19,20);1H2/t24-;;/m0../s1. The predicted octanol–water partition coefficient (Wildman–Crippen LogP) is 5.69. The summed E-state index contributed by atoms with van der Waals surface area (Å²) in [5.74, 6) is 3.65. The number of hydrogen-bond acceptors (Lipinski definition) is 12. The summed E-state index contributed by atoms with van der Waals surface area (Å²) in [5, 5.41) is 1.17. The Balaban J connectivity index is 0.000000212. The highest BCUT2D eigenvalue weighted by Crippen LogP contribution is 2.29. The molecule has 0 radical (unpaired) electrons. The summed E-state index contributed by atoms with van der Waals surface area (Å²) in [6.07, 6.45) is 3.57. The number of aryl methyl sites for hydroxylation is 2. The van der Waals surface area contributed by atoms with Gasteiger partial charge in [0.15, 0.2) is 21.6 Å². The maximum absolute atomic E-state index is 12.7. The summed E-state index contributed by atoms with van der Waals surface area (Å²) in [6.45, 7) is 7.86. The summed E-state index contributed by atoms with van der Waals surface area (Å²) < 4.78 is 33.7. The highest BCUT2D eigenvalue weighted by Gasteiger charge is 2.17. The molecule has 0 unspecified atom stereocenters. The van der Waals surface area contributed by atoms with Gasteiger partial charge in [0.2, 0.25) is 11.8 Å². The maximum atomic E-state index is 12.7. The van der Waals surface area contributed by atoms with E-state index in [1.165, 1.54) is 0 Å². The maximum Gasteiger partial charge on any atom is 0.215 e. The first-order valence-corrected chi connectivity index (χ1v) is 16.8. The number of nitrogens with zero attached hydrogens (tertiary/aromatic N) is 6. The summed E-state index contributed by atoms with van der Waals surface area (Å²) in [4.78, 5) is 32.5. The van der Waals surface area contributed by atoms with Crippen molar-refractivity contribution in [1.29, 1.82) is 0 Å². The first-order valence-electron chi connectivity index (χ1n) is 14.5. The molecule has 0 aliphatic heterocycles. The van der Waals surface area contributed by atoms with Crippen LogP contribution in [0.25, 0.3) is 22.3 Å². The van der Waals surface area contributed by atoms with Crippen LogP contribution in [0.2, 0.25) is 0 Å². The van der Waals surface area contributed by atoms with E-state index < -0.39 is 10.8 Å². The van der Waals surface area contributed by atoms with Crippen molar-refractivity contribution in [3.05, 3.63) is 70.3 Å². The SMILES string of the molecule is COc1ccc2[nH]c(SCc3ncc(C)c(OC)c3C)nc2n1.COc1ccc2[nH]c([S@@](=O)Cc3ncc(C)c(OC)c3C)nc2n1.S. The Morgan fingerprint density at radius 2 is 1.21 bits per heavy atom. The number of hydrogen-bond donors (Lipinski definition) is 2. The van der Waals surface area contributed by atoms with Crippen molar-refractivity contribution < 1.29 is 23.2 Å². The van der Waals surface area contributed by atoms with Crippen molar-refractivity contribution in [2.45, 2.75) is 49.5 Å². The van der Waals surface area contributed by atoms with Crippen LogP contribution in [0, 0.1) is 27.7 Å². The first-order chi connectivity index (χ1) is 22.6. The summed E-state index contributed by atoms with van der Waals surface area (Å²) in [5.41, 5.74) is 8.39. The summed E-state index contributed by atoms with van der Waals surface area (Å²) >= 11 is 1.59. The molecule has 13 nitrogen and oxygen atoms in total. The fourth-order valence-electron chi connectivity index (χ4n) is 4.87. The molecular weight excluding hydrogens is 673 g/mol. The monoisotopic (exact) mass is 710 g/mol. The number of thioether (sulfide) groups is 1. The second kappa shape index (κ2) is 16.1. The number of ether oxygens (including phenoxy) is 4. The third-order valence-corrected chi connectivity index (χ3v) is 9.39. The van der Waals surface area contributed by atoms with Crippen LogP contribution in [-0.4, -0.2) is 72.5 Å². The van der Waals surface area contributed by atoms with Crippen LogP contribution in [0.5, 0.6) is 23.3 Å². The third-order valence-electron chi connectivity index (χ3n) is 7.34. The van der Waals surface area contributed by atoms with Crippen molar-refractivity contribution in [2.24, 2.45) is 0 Å². The Hall–Kier alpha value is -4.41. The highest BCUT2D eigenvalue weighted by molar-refractivity contribution is 7.98. The van der Waals surface area contributed by atoms with Crippen LogP contribution >= 0.6 is 25.3 Å². The van der Waals surface area contributed by atoms with Crippen molar-refractivity contribution in [3.8, 4) is 23.3 Å². The van der Waals surface area contributed by atoms with Gasteiger partial charge in [-0.1, -0.05) is 11.8 Å². The van der Waals surface area contributed by atoms with E-state index in [1.54, 1.807) is 58.5 Å². The van der Waals surface area contributed by atoms with Gasteiger partial charge in [-0.2, -0.15) is 23.5 Å². The van der Waals surface area contributed by atoms with E-state index in [-0.39, 0.29) is 19.2 Å². The summed E-state index contributed by atoms with van der Waals surface area (Å²) in [6, 6.07) is 7.25. The molecule has 254 valence electrons. The molecule has 0 saturated carbocycles. The van der Waals surface area contributed by atoms with Gasteiger partial charge in [-0.25, -0.2) is 9.97 Å². The molecule has 1 atom stereocenters. The zero-order chi connectivity index (χ0) is 33.7. The molecule has 0 aliphatic carbocycles. The predicted molar refractivity (Wildman–Crippen MR) is 191 cm³/mol. The number of aromatic nitrogens is 8. The minimum absolute atomic E-state index is 0. The lowest BCUT2D eigenvalue weighted by atomic mass is 10.1. The lowest BCUT2D eigenvalue weighted by molar-refractivity contribution is 0.399. The molecule has 0 spiro atoms. The quantitative estimate of drug-likeness (QED) is 0.167. The van der Waals surface area contributed by atoms with E-state index in [9.17, 15) is 4.21 Å². The molecule has 6 heterocycles. The molecule has 0 aliphatic rings. The fraction of sp³-hybridized carbons (Fsp3) is 0.312. The Labute approximate surface area is 292 Å². The lowest BCUT2D eigenvalue weighted by Crippen LogP contribution is -2.05. The Bertz CT molecular complexity index is 2070. The topological polar surface area (TPSA) is 163 Å². The van der Waals surface area contributed by atoms with Crippen molar-refractivity contribution in [3.63, 3.8) is 0 Å². The summed E-state index contributed by atoms with van der Waals surface area (Å²) in [7, 11) is 5.07. The van der Waals surface area contributed by atoms with Gasteiger partial charge in [0.25, 0.3) is 0 Å². The molecule has 16 heteroatoms. The molecule has 0 aromatic carbocycles. The number of aromatic amines is 2. The van der Waals surface area contributed by atoms with Gasteiger partial charge in [-0.05, 0) is 39.8 Å². The van der Waals surface area contributed by atoms with Gasteiger partial charge < -0.3 is 28.9 Å². The second-order valence-electron chi connectivity index (χ2n) is 10.4. The Kier molecular flexibility index (Phi) is 12.2. The van der Waals surface area contributed by atoms with Gasteiger partial charge in [0.05, 0.1) is 67.4 Å². The van der Waals surface area contributed by atoms with E-state index in [0.717, 1.165) is 55.8 Å². The highest BCUT2D eigenvalue weighted by atomic mass is 32.2. The zero-order valence-electron chi connectivity index (χ0n) is 27.9. The molecule has 6 rings (SSSR count). The molecule has 0 saturated heterocycles. The average Bonchev–Trinajstić information content (AvgIpc) is 3.69. The van der Waals surface area contributed by atoms with E-state index >= 15 is 0 Å². The van der Waals surface area contributed by atoms with Crippen LogP contribution < -0.4 is 18.9 Å². The molecule has 2 N–H and O–H groups in total. The molecule has 0 fully saturated rings. The van der Waals surface area contributed by atoms with Crippen LogP contribution in [-0.2, 0) is 22.3 Å². The largest absolute Gasteiger partial charge is 0.496 e. The van der Waals surface area contributed by atoms with Crippen LogP contribution in [0.4, 0.5) is 0 Å². The van der Waals surface area contributed by atoms with Crippen molar-refractivity contribution in [2.75, 3.05) is 28.4 Å². The van der Waals surface area contributed by atoms with Gasteiger partial charge >= 0.3 is 0 Å². The number of imidazole rings is 2. The van der Waals surface area contributed by atoms with Crippen molar-refractivity contribution >= 4 is 58.4 Å². The molecular formula is C32H38N8O5S3. The number of nitrogens with one attached hydrogen (secondary N) is 2. The minimum atomic E-state index is -1.37. The fourth-order valence-corrected chi connectivity index (χ4v) is 6.86. The average molecular weight is 711 g/mol. The lowest BCUT2D eigenvalue weighted by Gasteiger charge is -2.11. The Morgan fingerprint density at radius 1 is 0.688 bits per heavy atom. The zero-order valence-corrected chi connectivity index (χ0v) is 30.6. The van der Waals surface area contributed by atoms with E-state index in [0.29, 0.717) is 39.5 Å². The van der Waals surface area contributed by atoms with Gasteiger partial charge in [0.1, 0.15) is 11.5 Å². The van der Waals surface area contributed by atoms with E-state index in [2.05, 4.69) is 39.9 Å². The Morgan fingerprint density at radius 3 is 1.77 bits per heavy atom.